The Bertz CT molecular complexity index is 424. The summed E-state index contributed by atoms with van der Waals surface area (Å²) in [5, 5.41) is 0. The van der Waals surface area contributed by atoms with E-state index in [1.54, 1.807) is 0 Å². The Kier molecular flexibility index (Phi) is 2.12. The van der Waals surface area contributed by atoms with Crippen LogP contribution >= 0.6 is 22.4 Å². The van der Waals surface area contributed by atoms with E-state index in [0.717, 1.165) is 18.2 Å². The molecule has 2 N–H and O–H groups in total. The minimum Gasteiger partial charge on any atom is -0.389 e. The second kappa shape index (κ2) is 2.62. The average molecular weight is 263 g/mol. The zero-order valence-electron chi connectivity index (χ0n) is 7.09. The van der Waals surface area contributed by atoms with Crippen LogP contribution in [0, 0.1) is 0 Å². The number of hydrogen-bond acceptors (Lipinski definition) is 1. The minimum absolute atomic E-state index is 0.274. The van der Waals surface area contributed by atoms with Gasteiger partial charge >= 0.3 is 10.2 Å². The van der Waals surface area contributed by atoms with E-state index in [0.29, 0.717) is 0 Å². The van der Waals surface area contributed by atoms with Crippen molar-refractivity contribution in [1.82, 2.24) is 0 Å². The number of thiocarbonyl (C=S) groups is 1. The van der Waals surface area contributed by atoms with Crippen LogP contribution in [0.1, 0.15) is 5.56 Å². The fraction of sp³-hybridized carbons (Fsp3) is 0. The Balaban J connectivity index is 3.61. The maximum Gasteiger partial charge on any atom is 0.311 e. The molecule has 0 atom stereocenters. The van der Waals surface area contributed by atoms with Crippen molar-refractivity contribution in [1.29, 1.82) is 0 Å². The van der Waals surface area contributed by atoms with Crippen molar-refractivity contribution in [3.8, 4) is 0 Å². The number of rotatable bonds is 2. The van der Waals surface area contributed by atoms with Gasteiger partial charge in [0.1, 0.15) is 9.88 Å². The van der Waals surface area contributed by atoms with E-state index in [4.69, 9.17) is 5.73 Å². The Morgan fingerprint density at radius 1 is 1.07 bits per heavy atom. The van der Waals surface area contributed by atoms with Crippen LogP contribution in [-0.4, -0.2) is 4.99 Å². The van der Waals surface area contributed by atoms with Gasteiger partial charge in [0.05, 0.1) is 0 Å². The Morgan fingerprint density at radius 3 is 1.87 bits per heavy atom. The summed E-state index contributed by atoms with van der Waals surface area (Å²) in [5.41, 5.74) is 4.09. The molecule has 0 radical (unpaired) electrons. The molecule has 1 nitrogen and oxygen atoms in total. The molecule has 1 rings (SSSR count). The molecule has 0 spiro atoms. The van der Waals surface area contributed by atoms with Gasteiger partial charge in [-0.2, -0.15) is 0 Å². The molecular formula is C7H6F5NS2. The minimum atomic E-state index is -9.71. The van der Waals surface area contributed by atoms with Crippen molar-refractivity contribution in [2.24, 2.45) is 5.73 Å². The molecular weight excluding hydrogens is 257 g/mol. The Labute approximate surface area is 87.8 Å². The van der Waals surface area contributed by atoms with Gasteiger partial charge in [0, 0.05) is 5.56 Å². The van der Waals surface area contributed by atoms with Gasteiger partial charge < -0.3 is 5.73 Å². The van der Waals surface area contributed by atoms with Gasteiger partial charge in [0.25, 0.3) is 0 Å². The average Bonchev–Trinajstić information content (AvgIpc) is 2.00. The normalized spacial score (nSPS) is 16.6. The maximum absolute atomic E-state index is 12.5. The number of halogens is 5. The van der Waals surface area contributed by atoms with Gasteiger partial charge in [-0.3, -0.25) is 0 Å². The van der Waals surface area contributed by atoms with Crippen LogP contribution < -0.4 is 5.73 Å². The van der Waals surface area contributed by atoms with E-state index < -0.39 is 25.7 Å². The molecule has 86 valence electrons. The van der Waals surface area contributed by atoms with Gasteiger partial charge in [-0.05, 0) is 6.07 Å². The highest BCUT2D eigenvalue weighted by atomic mass is 32.5. The van der Waals surface area contributed by atoms with Gasteiger partial charge in [-0.15, -0.1) is 0 Å². The fourth-order valence-corrected chi connectivity index (χ4v) is 2.18. The molecule has 15 heavy (non-hydrogen) atoms. The number of benzene rings is 1. The third-order valence-corrected chi connectivity index (χ3v) is 2.98. The summed E-state index contributed by atoms with van der Waals surface area (Å²) in [5.74, 6) is 0. The first kappa shape index (κ1) is 12.2. The molecule has 1 aromatic rings. The zero-order valence-corrected chi connectivity index (χ0v) is 8.73. The monoisotopic (exact) mass is 263 g/mol. The van der Waals surface area contributed by atoms with Crippen LogP contribution in [0.2, 0.25) is 0 Å². The topological polar surface area (TPSA) is 26.0 Å². The first-order valence-electron chi connectivity index (χ1n) is 3.55. The van der Waals surface area contributed by atoms with Crippen LogP contribution in [0.4, 0.5) is 19.4 Å². The van der Waals surface area contributed by atoms with E-state index in [9.17, 15) is 19.4 Å². The number of hydrogen-bond donors (Lipinski definition) is 1. The molecule has 0 aromatic heterocycles. The van der Waals surface area contributed by atoms with E-state index in [2.05, 4.69) is 12.2 Å². The lowest BCUT2D eigenvalue weighted by molar-refractivity contribution is 0.364. The van der Waals surface area contributed by atoms with Gasteiger partial charge in [0.2, 0.25) is 0 Å². The maximum atomic E-state index is 12.5. The quantitative estimate of drug-likeness (QED) is 0.645. The predicted octanol–water partition coefficient (Wildman–Crippen LogP) is 3.98. The molecule has 0 aliphatic rings. The molecule has 0 unspecified atom stereocenters. The molecule has 0 bridgehead atoms. The first-order chi connectivity index (χ1) is 6.41. The molecule has 0 saturated heterocycles. The third kappa shape index (κ3) is 2.78. The van der Waals surface area contributed by atoms with Crippen LogP contribution in [0.25, 0.3) is 0 Å². The van der Waals surface area contributed by atoms with Crippen LogP contribution in [0.15, 0.2) is 29.2 Å². The molecule has 0 amide bonds. The van der Waals surface area contributed by atoms with E-state index in [1.165, 1.54) is 0 Å². The van der Waals surface area contributed by atoms with E-state index >= 15 is 0 Å². The highest BCUT2D eigenvalue weighted by Crippen LogP contribution is 3.02. The molecule has 0 aliphatic heterocycles. The first-order valence-corrected chi connectivity index (χ1v) is 5.91. The standard InChI is InChI=1S/C7H6F5NS2/c8-15(9,10,11,12)6-4-2-1-3-5(6)7(13)14/h1-4H,(H2,13,14). The largest absolute Gasteiger partial charge is 0.389 e. The lowest BCUT2D eigenvalue weighted by Crippen LogP contribution is -2.17. The highest BCUT2D eigenvalue weighted by Gasteiger charge is 2.66. The van der Waals surface area contributed by atoms with Gasteiger partial charge in [-0.1, -0.05) is 49.8 Å². The highest BCUT2D eigenvalue weighted by molar-refractivity contribution is 8.45. The van der Waals surface area contributed by atoms with Crippen LogP contribution in [0.3, 0.4) is 0 Å². The Hall–Kier alpha value is -0.890. The van der Waals surface area contributed by atoms with Crippen molar-refractivity contribution in [3.05, 3.63) is 29.8 Å². The molecule has 0 heterocycles. The van der Waals surface area contributed by atoms with Gasteiger partial charge in [0.15, 0.2) is 0 Å². The van der Waals surface area contributed by atoms with E-state index in [-0.39, 0.29) is 6.07 Å². The summed E-state index contributed by atoms with van der Waals surface area (Å²) >= 11 is 4.28. The van der Waals surface area contributed by atoms with Crippen LogP contribution in [0.5, 0.6) is 0 Å². The molecule has 0 aliphatic carbocycles. The Morgan fingerprint density at radius 2 is 1.53 bits per heavy atom. The van der Waals surface area contributed by atoms with E-state index in [1.807, 2.05) is 0 Å². The SMILES string of the molecule is NC(=S)c1ccccc1S(F)(F)(F)(F)F. The fourth-order valence-electron chi connectivity index (χ4n) is 1.01. The van der Waals surface area contributed by atoms with Gasteiger partial charge in [-0.25, -0.2) is 0 Å². The van der Waals surface area contributed by atoms with Crippen molar-refractivity contribution < 1.29 is 19.4 Å². The second-order valence-corrected chi connectivity index (χ2v) is 5.65. The smallest absolute Gasteiger partial charge is 0.311 e. The molecule has 0 fully saturated rings. The van der Waals surface area contributed by atoms with Crippen molar-refractivity contribution in [2.75, 3.05) is 0 Å². The molecule has 0 saturated carbocycles. The van der Waals surface area contributed by atoms with Crippen molar-refractivity contribution in [3.63, 3.8) is 0 Å². The summed E-state index contributed by atoms with van der Waals surface area (Å²) in [6.07, 6.45) is 0. The third-order valence-electron chi connectivity index (χ3n) is 1.57. The summed E-state index contributed by atoms with van der Waals surface area (Å²) in [6, 6.07) is 3.10. The molecule has 8 heteroatoms. The summed E-state index contributed by atoms with van der Waals surface area (Å²) in [4.78, 5) is -2.75. The summed E-state index contributed by atoms with van der Waals surface area (Å²) in [6.45, 7) is 0. The lowest BCUT2D eigenvalue weighted by atomic mass is 10.2. The van der Waals surface area contributed by atoms with Crippen LogP contribution in [-0.2, 0) is 0 Å². The second-order valence-electron chi connectivity index (χ2n) is 2.83. The zero-order chi connectivity index (χ0) is 12.0. The van der Waals surface area contributed by atoms with Crippen molar-refractivity contribution in [2.45, 2.75) is 4.90 Å². The predicted molar refractivity (Wildman–Crippen MR) is 53.7 cm³/mol. The lowest BCUT2D eigenvalue weighted by Gasteiger charge is -2.41. The number of nitrogens with two attached hydrogens (primary N) is 1. The van der Waals surface area contributed by atoms with Crippen molar-refractivity contribution >= 4 is 27.4 Å². The summed E-state index contributed by atoms with van der Waals surface area (Å²) in [7, 11) is -9.71. The summed E-state index contributed by atoms with van der Waals surface area (Å²) < 4.78 is 62.3. The molecule has 1 aromatic carbocycles.